The molecule has 1 unspecified atom stereocenters. The molecule has 3 rings (SSSR count). The van der Waals surface area contributed by atoms with E-state index in [4.69, 9.17) is 0 Å². The summed E-state index contributed by atoms with van der Waals surface area (Å²) in [5.41, 5.74) is 6.01. The normalized spacial score (nSPS) is 11.8. The van der Waals surface area contributed by atoms with Gasteiger partial charge in [-0.15, -0.1) is 6.58 Å². The van der Waals surface area contributed by atoms with Crippen molar-refractivity contribution in [3.8, 4) is 16.9 Å². The van der Waals surface area contributed by atoms with Crippen molar-refractivity contribution in [2.45, 2.75) is 25.7 Å². The fourth-order valence-corrected chi connectivity index (χ4v) is 3.52. The first-order chi connectivity index (χ1) is 13.5. The Labute approximate surface area is 168 Å². The summed E-state index contributed by atoms with van der Waals surface area (Å²) >= 11 is 0. The second kappa shape index (κ2) is 8.75. The zero-order valence-electron chi connectivity index (χ0n) is 16.9. The molecule has 1 heterocycles. The Morgan fingerprint density at radius 3 is 2.36 bits per heavy atom. The zero-order chi connectivity index (χ0) is 20.1. The first-order valence-corrected chi connectivity index (χ1v) is 9.63. The Hall–Kier alpha value is -3.07. The summed E-state index contributed by atoms with van der Waals surface area (Å²) in [6.45, 7) is 6.07. The minimum atomic E-state index is 0.311. The molecule has 0 saturated carbocycles. The van der Waals surface area contributed by atoms with Crippen LogP contribution in [0.3, 0.4) is 0 Å². The van der Waals surface area contributed by atoms with E-state index in [-0.39, 0.29) is 0 Å². The van der Waals surface area contributed by atoms with Gasteiger partial charge in [0.05, 0.1) is 0 Å². The van der Waals surface area contributed by atoms with Crippen molar-refractivity contribution in [2.75, 3.05) is 19.0 Å². The van der Waals surface area contributed by atoms with E-state index in [1.54, 1.807) is 6.07 Å². The number of aromatic nitrogens is 1. The number of allylic oxidation sites excluding steroid dienone is 1. The predicted molar refractivity (Wildman–Crippen MR) is 118 cm³/mol. The van der Waals surface area contributed by atoms with Gasteiger partial charge in [-0.1, -0.05) is 43.3 Å². The Bertz CT molecular complexity index is 928. The van der Waals surface area contributed by atoms with E-state index >= 15 is 0 Å². The minimum absolute atomic E-state index is 0.311. The fourth-order valence-electron chi connectivity index (χ4n) is 3.52. The van der Waals surface area contributed by atoms with Gasteiger partial charge in [0.15, 0.2) is 0 Å². The molecule has 28 heavy (non-hydrogen) atoms. The number of hydrogen-bond acceptors (Lipinski definition) is 3. The lowest BCUT2D eigenvalue weighted by Gasteiger charge is -2.17. The molecule has 0 bridgehead atoms. The van der Waals surface area contributed by atoms with E-state index in [1.165, 1.54) is 16.7 Å². The second-order valence-electron chi connectivity index (χ2n) is 7.48. The SMILES string of the molecule is C=CCc1cc(O)ccc1C(C)Cc1ccc(-c2ccc(N(C)C)nc2)cc1. The zero-order valence-corrected chi connectivity index (χ0v) is 16.9. The first kappa shape index (κ1) is 19.7. The third kappa shape index (κ3) is 4.61. The van der Waals surface area contributed by atoms with Crippen LogP contribution in [0.1, 0.15) is 29.5 Å². The Morgan fingerprint density at radius 2 is 1.75 bits per heavy atom. The lowest BCUT2D eigenvalue weighted by molar-refractivity contribution is 0.474. The lowest BCUT2D eigenvalue weighted by atomic mass is 9.88. The van der Waals surface area contributed by atoms with Gasteiger partial charge in [-0.25, -0.2) is 4.98 Å². The summed E-state index contributed by atoms with van der Waals surface area (Å²) in [7, 11) is 3.99. The summed E-state index contributed by atoms with van der Waals surface area (Å²) in [5.74, 6) is 1.63. The van der Waals surface area contributed by atoms with Crippen molar-refractivity contribution >= 4 is 5.82 Å². The van der Waals surface area contributed by atoms with E-state index in [1.807, 2.05) is 49.5 Å². The topological polar surface area (TPSA) is 36.4 Å². The molecule has 144 valence electrons. The van der Waals surface area contributed by atoms with Gasteiger partial charge in [-0.05, 0) is 65.3 Å². The van der Waals surface area contributed by atoms with Crippen molar-refractivity contribution in [1.82, 2.24) is 4.98 Å². The van der Waals surface area contributed by atoms with Crippen LogP contribution in [0.2, 0.25) is 0 Å². The van der Waals surface area contributed by atoms with Crippen LogP contribution in [-0.2, 0) is 12.8 Å². The third-order valence-electron chi connectivity index (χ3n) is 5.06. The molecule has 0 fully saturated rings. The number of anilines is 1. The number of aromatic hydroxyl groups is 1. The average Bonchev–Trinajstić information content (AvgIpc) is 2.69. The van der Waals surface area contributed by atoms with E-state index in [0.717, 1.165) is 29.8 Å². The number of phenolic OH excluding ortho intramolecular Hbond substituents is 1. The lowest BCUT2D eigenvalue weighted by Crippen LogP contribution is -2.09. The predicted octanol–water partition coefficient (Wildman–Crippen LogP) is 5.59. The monoisotopic (exact) mass is 372 g/mol. The first-order valence-electron chi connectivity index (χ1n) is 9.63. The maximum atomic E-state index is 9.78. The second-order valence-corrected chi connectivity index (χ2v) is 7.48. The number of hydrogen-bond donors (Lipinski definition) is 1. The standard InChI is InChI=1S/C25H28N2O/c1-5-6-21-16-23(28)12-13-24(21)18(2)15-19-7-9-20(10-8-19)22-11-14-25(26-17-22)27(3)4/h5,7-14,16-18,28H,1,6,15H2,2-4H3. The minimum Gasteiger partial charge on any atom is -0.508 e. The van der Waals surface area contributed by atoms with E-state index in [9.17, 15) is 5.11 Å². The van der Waals surface area contributed by atoms with Crippen LogP contribution in [-0.4, -0.2) is 24.2 Å². The molecular weight excluding hydrogens is 344 g/mol. The van der Waals surface area contributed by atoms with Crippen LogP contribution >= 0.6 is 0 Å². The molecule has 1 atom stereocenters. The van der Waals surface area contributed by atoms with Crippen LogP contribution in [0, 0.1) is 0 Å². The van der Waals surface area contributed by atoms with Gasteiger partial charge in [0, 0.05) is 25.9 Å². The quantitative estimate of drug-likeness (QED) is 0.549. The van der Waals surface area contributed by atoms with E-state index in [2.05, 4.69) is 48.8 Å². The molecule has 3 aromatic rings. The fraction of sp³-hybridized carbons (Fsp3) is 0.240. The highest BCUT2D eigenvalue weighted by Gasteiger charge is 2.12. The number of pyridine rings is 1. The Balaban J connectivity index is 1.74. The van der Waals surface area contributed by atoms with Gasteiger partial charge in [0.25, 0.3) is 0 Å². The third-order valence-corrected chi connectivity index (χ3v) is 5.06. The molecule has 0 aliphatic carbocycles. The molecule has 3 nitrogen and oxygen atoms in total. The molecule has 2 aromatic carbocycles. The molecular formula is C25H28N2O. The number of nitrogens with zero attached hydrogens (tertiary/aromatic N) is 2. The van der Waals surface area contributed by atoms with Crippen LogP contribution in [0.4, 0.5) is 5.82 Å². The smallest absolute Gasteiger partial charge is 0.127 e. The van der Waals surface area contributed by atoms with E-state index < -0.39 is 0 Å². The van der Waals surface area contributed by atoms with Crippen molar-refractivity contribution in [1.29, 1.82) is 0 Å². The summed E-state index contributed by atoms with van der Waals surface area (Å²) in [4.78, 5) is 6.49. The molecule has 0 aliphatic rings. The summed E-state index contributed by atoms with van der Waals surface area (Å²) in [6, 6.07) is 18.5. The molecule has 0 saturated heterocycles. The van der Waals surface area contributed by atoms with E-state index in [0.29, 0.717) is 11.7 Å². The van der Waals surface area contributed by atoms with Crippen LogP contribution in [0.25, 0.3) is 11.1 Å². The highest BCUT2D eigenvalue weighted by molar-refractivity contribution is 5.64. The van der Waals surface area contributed by atoms with Crippen molar-refractivity contribution in [2.24, 2.45) is 0 Å². The summed E-state index contributed by atoms with van der Waals surface area (Å²) < 4.78 is 0. The van der Waals surface area contributed by atoms with Crippen molar-refractivity contribution in [3.63, 3.8) is 0 Å². The molecule has 0 radical (unpaired) electrons. The number of phenols is 1. The Kier molecular flexibility index (Phi) is 6.15. The maximum absolute atomic E-state index is 9.78. The van der Waals surface area contributed by atoms with Gasteiger partial charge in [-0.2, -0.15) is 0 Å². The Morgan fingerprint density at radius 1 is 1.04 bits per heavy atom. The molecule has 3 heteroatoms. The number of benzene rings is 2. The summed E-state index contributed by atoms with van der Waals surface area (Å²) in [6.07, 6.45) is 5.52. The molecule has 0 aliphatic heterocycles. The number of rotatable bonds is 7. The highest BCUT2D eigenvalue weighted by atomic mass is 16.3. The molecule has 1 N–H and O–H groups in total. The van der Waals surface area contributed by atoms with Crippen LogP contribution in [0.15, 0.2) is 73.4 Å². The largest absolute Gasteiger partial charge is 0.508 e. The summed E-state index contributed by atoms with van der Waals surface area (Å²) in [5, 5.41) is 9.78. The van der Waals surface area contributed by atoms with Gasteiger partial charge in [0.1, 0.15) is 11.6 Å². The van der Waals surface area contributed by atoms with Gasteiger partial charge < -0.3 is 10.0 Å². The maximum Gasteiger partial charge on any atom is 0.127 e. The molecule has 0 amide bonds. The van der Waals surface area contributed by atoms with Crippen molar-refractivity contribution < 1.29 is 5.11 Å². The molecule has 0 spiro atoms. The highest BCUT2D eigenvalue weighted by Crippen LogP contribution is 2.28. The van der Waals surface area contributed by atoms with Crippen molar-refractivity contribution in [3.05, 3.63) is 90.1 Å². The average molecular weight is 373 g/mol. The van der Waals surface area contributed by atoms with Gasteiger partial charge in [-0.3, -0.25) is 0 Å². The van der Waals surface area contributed by atoms with Crippen LogP contribution in [0.5, 0.6) is 5.75 Å². The molecule has 1 aromatic heterocycles. The van der Waals surface area contributed by atoms with Crippen LogP contribution < -0.4 is 4.90 Å². The van der Waals surface area contributed by atoms with Gasteiger partial charge in [0.2, 0.25) is 0 Å². The van der Waals surface area contributed by atoms with Gasteiger partial charge >= 0.3 is 0 Å².